The van der Waals surface area contributed by atoms with E-state index in [9.17, 15) is 9.59 Å². The molecule has 29 heavy (non-hydrogen) atoms. The molecule has 156 valence electrons. The zero-order chi connectivity index (χ0) is 20.1. The molecule has 7 nitrogen and oxygen atoms in total. The van der Waals surface area contributed by atoms with E-state index >= 15 is 0 Å². The molecule has 7 heteroatoms. The molecular weight excluding hydrogens is 366 g/mol. The van der Waals surface area contributed by atoms with Crippen LogP contribution in [-0.2, 0) is 6.42 Å². The van der Waals surface area contributed by atoms with Crippen LogP contribution in [0.15, 0.2) is 35.4 Å². The Balaban J connectivity index is 1.19. The molecule has 2 heterocycles. The third-order valence-electron chi connectivity index (χ3n) is 6.47. The maximum Gasteiger partial charge on any atom is 0.343 e. The highest BCUT2D eigenvalue weighted by molar-refractivity contribution is 5.74. The summed E-state index contributed by atoms with van der Waals surface area (Å²) in [6.07, 6.45) is 10.7. The van der Waals surface area contributed by atoms with Crippen molar-refractivity contribution in [1.82, 2.24) is 25.0 Å². The molecule has 2 fully saturated rings. The molecule has 1 aliphatic heterocycles. The molecule has 1 saturated heterocycles. The van der Waals surface area contributed by atoms with Crippen molar-refractivity contribution >= 4 is 6.03 Å². The molecule has 2 aliphatic rings. The molecule has 4 rings (SSSR count). The quantitative estimate of drug-likeness (QED) is 0.813. The standard InChI is InChI=1S/C22H31N5O2/c28-21(26-14-11-20(12-15-26)27-16-24-25-22(27)29)23-13-10-17-6-8-19(9-7-17)18-4-2-1-3-5-18/h6-9,16,18,20H,1-5,10-15H2,(H,23,28)(H,25,29). The Hall–Kier alpha value is -2.57. The summed E-state index contributed by atoms with van der Waals surface area (Å²) in [5.41, 5.74) is 2.56. The Morgan fingerprint density at radius 2 is 1.79 bits per heavy atom. The average molecular weight is 398 g/mol. The highest BCUT2D eigenvalue weighted by Gasteiger charge is 2.24. The van der Waals surface area contributed by atoms with Crippen LogP contribution in [0.1, 0.15) is 68.0 Å². The predicted octanol–water partition coefficient (Wildman–Crippen LogP) is 3.21. The van der Waals surface area contributed by atoms with E-state index in [1.54, 1.807) is 10.9 Å². The molecule has 0 spiro atoms. The number of benzene rings is 1. The summed E-state index contributed by atoms with van der Waals surface area (Å²) in [6, 6.07) is 9.08. The smallest absolute Gasteiger partial charge is 0.338 e. The van der Waals surface area contributed by atoms with Crippen molar-refractivity contribution in [3.8, 4) is 0 Å². The fourth-order valence-corrected chi connectivity index (χ4v) is 4.68. The maximum absolute atomic E-state index is 12.4. The first-order valence-corrected chi connectivity index (χ1v) is 10.9. The van der Waals surface area contributed by atoms with Gasteiger partial charge < -0.3 is 10.2 Å². The van der Waals surface area contributed by atoms with Gasteiger partial charge in [0.25, 0.3) is 0 Å². The van der Waals surface area contributed by atoms with Crippen molar-refractivity contribution in [2.45, 2.75) is 63.3 Å². The van der Waals surface area contributed by atoms with E-state index in [0.29, 0.717) is 19.6 Å². The van der Waals surface area contributed by atoms with Crippen LogP contribution in [0.3, 0.4) is 0 Å². The van der Waals surface area contributed by atoms with Crippen molar-refractivity contribution in [2.24, 2.45) is 0 Å². The van der Waals surface area contributed by atoms with Gasteiger partial charge in [0, 0.05) is 25.7 Å². The number of rotatable bonds is 5. The number of aromatic nitrogens is 3. The van der Waals surface area contributed by atoms with Gasteiger partial charge in [-0.05, 0) is 49.1 Å². The number of amides is 2. The molecule has 2 N–H and O–H groups in total. The third-order valence-corrected chi connectivity index (χ3v) is 6.47. The van der Waals surface area contributed by atoms with Crippen LogP contribution in [0.4, 0.5) is 4.79 Å². The lowest BCUT2D eigenvalue weighted by molar-refractivity contribution is 0.171. The summed E-state index contributed by atoms with van der Waals surface area (Å²) in [6.45, 7) is 1.96. The molecule has 0 atom stereocenters. The van der Waals surface area contributed by atoms with Gasteiger partial charge >= 0.3 is 11.7 Å². The number of carbonyl (C=O) groups is 1. The highest BCUT2D eigenvalue weighted by Crippen LogP contribution is 2.32. The Morgan fingerprint density at radius 1 is 1.07 bits per heavy atom. The fourth-order valence-electron chi connectivity index (χ4n) is 4.68. The van der Waals surface area contributed by atoms with E-state index in [2.05, 4.69) is 39.8 Å². The van der Waals surface area contributed by atoms with Crippen LogP contribution in [-0.4, -0.2) is 45.3 Å². The van der Waals surface area contributed by atoms with Gasteiger partial charge in [-0.25, -0.2) is 14.7 Å². The van der Waals surface area contributed by atoms with Gasteiger partial charge in [-0.15, -0.1) is 0 Å². The van der Waals surface area contributed by atoms with E-state index in [1.165, 1.54) is 43.2 Å². The van der Waals surface area contributed by atoms with E-state index in [-0.39, 0.29) is 17.8 Å². The maximum atomic E-state index is 12.4. The second-order valence-corrected chi connectivity index (χ2v) is 8.35. The Kier molecular flexibility index (Phi) is 6.32. The SMILES string of the molecule is O=C(NCCc1ccc(C2CCCCC2)cc1)N1CCC(n2cn[nH]c2=O)CC1. The number of nitrogens with one attached hydrogen (secondary N) is 2. The number of likely N-dealkylation sites (tertiary alicyclic amines) is 1. The van der Waals surface area contributed by atoms with Gasteiger partial charge in [0.15, 0.2) is 0 Å². The lowest BCUT2D eigenvalue weighted by atomic mass is 9.84. The van der Waals surface area contributed by atoms with Gasteiger partial charge in [-0.1, -0.05) is 43.5 Å². The monoisotopic (exact) mass is 397 g/mol. The summed E-state index contributed by atoms with van der Waals surface area (Å²) in [7, 11) is 0. The summed E-state index contributed by atoms with van der Waals surface area (Å²) in [4.78, 5) is 26.0. The van der Waals surface area contributed by atoms with Crippen molar-refractivity contribution in [2.75, 3.05) is 19.6 Å². The number of piperidine rings is 1. The lowest BCUT2D eigenvalue weighted by Crippen LogP contribution is -2.45. The Labute approximate surface area is 171 Å². The van der Waals surface area contributed by atoms with E-state index in [1.807, 2.05) is 4.90 Å². The molecule has 1 aromatic carbocycles. The topological polar surface area (TPSA) is 83.0 Å². The molecule has 0 radical (unpaired) electrons. The largest absolute Gasteiger partial charge is 0.343 e. The second kappa shape index (κ2) is 9.29. The summed E-state index contributed by atoms with van der Waals surface area (Å²) < 4.78 is 1.63. The molecule has 0 bridgehead atoms. The van der Waals surface area contributed by atoms with Crippen LogP contribution in [0.25, 0.3) is 0 Å². The van der Waals surface area contributed by atoms with Crippen LogP contribution in [0.5, 0.6) is 0 Å². The number of aromatic amines is 1. The van der Waals surface area contributed by atoms with Gasteiger partial charge in [-0.3, -0.25) is 4.57 Å². The van der Waals surface area contributed by atoms with E-state index in [0.717, 1.165) is 25.2 Å². The predicted molar refractivity (Wildman–Crippen MR) is 112 cm³/mol. The van der Waals surface area contributed by atoms with Gasteiger partial charge in [0.1, 0.15) is 6.33 Å². The minimum Gasteiger partial charge on any atom is -0.338 e. The van der Waals surface area contributed by atoms with E-state index in [4.69, 9.17) is 0 Å². The summed E-state index contributed by atoms with van der Waals surface area (Å²) >= 11 is 0. The second-order valence-electron chi connectivity index (χ2n) is 8.35. The molecule has 1 aromatic heterocycles. The highest BCUT2D eigenvalue weighted by atomic mass is 16.2. The number of H-pyrrole nitrogens is 1. The Morgan fingerprint density at radius 3 is 2.45 bits per heavy atom. The van der Waals surface area contributed by atoms with E-state index < -0.39 is 0 Å². The number of nitrogens with zero attached hydrogens (tertiary/aromatic N) is 3. The summed E-state index contributed by atoms with van der Waals surface area (Å²) in [5, 5.41) is 9.25. The van der Waals surface area contributed by atoms with Crippen molar-refractivity contribution < 1.29 is 4.79 Å². The zero-order valence-electron chi connectivity index (χ0n) is 17.0. The van der Waals surface area contributed by atoms with Crippen molar-refractivity contribution in [3.63, 3.8) is 0 Å². The van der Waals surface area contributed by atoms with Crippen molar-refractivity contribution in [3.05, 3.63) is 52.2 Å². The van der Waals surface area contributed by atoms with Crippen LogP contribution >= 0.6 is 0 Å². The van der Waals surface area contributed by atoms with Gasteiger partial charge in [-0.2, -0.15) is 5.10 Å². The number of hydrogen-bond donors (Lipinski definition) is 2. The Bertz CT molecular complexity index is 843. The third kappa shape index (κ3) is 4.89. The molecule has 2 aromatic rings. The van der Waals surface area contributed by atoms with Gasteiger partial charge in [0.2, 0.25) is 0 Å². The number of carbonyl (C=O) groups excluding carboxylic acids is 1. The van der Waals surface area contributed by atoms with Crippen LogP contribution < -0.4 is 11.0 Å². The van der Waals surface area contributed by atoms with Crippen LogP contribution in [0, 0.1) is 0 Å². The minimum absolute atomic E-state index is 0.0122. The van der Waals surface area contributed by atoms with Crippen LogP contribution in [0.2, 0.25) is 0 Å². The lowest BCUT2D eigenvalue weighted by Gasteiger charge is -2.32. The first-order valence-electron chi connectivity index (χ1n) is 10.9. The summed E-state index contributed by atoms with van der Waals surface area (Å²) in [5.74, 6) is 0.735. The molecule has 1 aliphatic carbocycles. The van der Waals surface area contributed by atoms with Gasteiger partial charge in [0.05, 0.1) is 0 Å². The number of hydrogen-bond acceptors (Lipinski definition) is 3. The molecule has 1 saturated carbocycles. The first-order chi connectivity index (χ1) is 14.2. The normalized spacial score (nSPS) is 18.7. The molecule has 0 unspecified atom stereocenters. The fraction of sp³-hybridized carbons (Fsp3) is 0.591. The number of urea groups is 1. The first kappa shape index (κ1) is 19.7. The van der Waals surface area contributed by atoms with Crippen molar-refractivity contribution in [1.29, 1.82) is 0 Å². The average Bonchev–Trinajstić information content (AvgIpc) is 3.21. The molecule has 2 amide bonds. The molecular formula is C22H31N5O2. The zero-order valence-corrected chi connectivity index (χ0v) is 17.0. The minimum atomic E-state index is -0.178.